The number of hydrogen-bond donors (Lipinski definition) is 0. The van der Waals surface area contributed by atoms with Crippen molar-refractivity contribution in [3.63, 3.8) is 0 Å². The maximum atomic E-state index is 12.0. The average molecular weight is 271 g/mol. The first kappa shape index (κ1) is 16.0. The van der Waals surface area contributed by atoms with Crippen molar-refractivity contribution in [2.75, 3.05) is 32.9 Å². The van der Waals surface area contributed by atoms with Gasteiger partial charge in [0.2, 0.25) is 5.91 Å². The van der Waals surface area contributed by atoms with E-state index in [9.17, 15) is 9.59 Å². The van der Waals surface area contributed by atoms with Crippen LogP contribution in [-0.4, -0.2) is 49.7 Å². The Hall–Kier alpha value is -1.10. The van der Waals surface area contributed by atoms with Crippen molar-refractivity contribution in [2.24, 2.45) is 5.92 Å². The van der Waals surface area contributed by atoms with E-state index in [-0.39, 0.29) is 17.8 Å². The lowest BCUT2D eigenvalue weighted by atomic mass is 9.98. The largest absolute Gasteiger partial charge is 0.466 e. The van der Waals surface area contributed by atoms with Gasteiger partial charge in [0.05, 0.1) is 12.5 Å². The molecule has 0 spiro atoms. The average Bonchev–Trinajstić information content (AvgIpc) is 2.44. The van der Waals surface area contributed by atoms with Gasteiger partial charge in [-0.2, -0.15) is 0 Å². The number of rotatable bonds is 7. The fraction of sp³-hybridized carbons (Fsp3) is 0.857. The zero-order chi connectivity index (χ0) is 14.1. The summed E-state index contributed by atoms with van der Waals surface area (Å²) in [5.41, 5.74) is 0. The highest BCUT2D eigenvalue weighted by molar-refractivity contribution is 5.78. The van der Waals surface area contributed by atoms with Gasteiger partial charge in [-0.05, 0) is 33.1 Å². The molecule has 0 unspecified atom stereocenters. The third-order valence-electron chi connectivity index (χ3n) is 3.28. The van der Waals surface area contributed by atoms with Crippen molar-refractivity contribution in [3.8, 4) is 0 Å². The van der Waals surface area contributed by atoms with E-state index in [4.69, 9.17) is 9.47 Å². The summed E-state index contributed by atoms with van der Waals surface area (Å²) in [5.74, 6) is -0.201. The second kappa shape index (κ2) is 8.91. The number of carbonyl (C=O) groups is 2. The van der Waals surface area contributed by atoms with Crippen LogP contribution in [0.4, 0.5) is 0 Å². The number of likely N-dealkylation sites (tertiary alicyclic amines) is 1. The minimum Gasteiger partial charge on any atom is -0.466 e. The van der Waals surface area contributed by atoms with Gasteiger partial charge in [0.1, 0.15) is 0 Å². The predicted octanol–water partition coefficient (Wildman–Crippen LogP) is 1.60. The highest BCUT2D eigenvalue weighted by Crippen LogP contribution is 2.18. The third-order valence-corrected chi connectivity index (χ3v) is 3.28. The van der Waals surface area contributed by atoms with Crippen LogP contribution in [0.15, 0.2) is 0 Å². The first-order valence-electron chi connectivity index (χ1n) is 7.21. The van der Waals surface area contributed by atoms with E-state index in [2.05, 4.69) is 0 Å². The van der Waals surface area contributed by atoms with E-state index < -0.39 is 0 Å². The Bertz CT molecular complexity index is 293. The van der Waals surface area contributed by atoms with Crippen LogP contribution in [-0.2, 0) is 19.1 Å². The van der Waals surface area contributed by atoms with E-state index in [0.717, 1.165) is 25.8 Å². The first-order valence-corrected chi connectivity index (χ1v) is 7.21. The number of esters is 1. The molecule has 0 aromatic heterocycles. The van der Waals surface area contributed by atoms with Crippen LogP contribution >= 0.6 is 0 Å². The summed E-state index contributed by atoms with van der Waals surface area (Å²) in [6.45, 7) is 6.71. The first-order chi connectivity index (χ1) is 9.19. The van der Waals surface area contributed by atoms with Crippen molar-refractivity contribution in [3.05, 3.63) is 0 Å². The van der Waals surface area contributed by atoms with Gasteiger partial charge in [-0.3, -0.25) is 9.59 Å². The Kier molecular flexibility index (Phi) is 7.48. The molecule has 110 valence electrons. The summed E-state index contributed by atoms with van der Waals surface area (Å²) in [5, 5.41) is 0. The third kappa shape index (κ3) is 5.59. The summed E-state index contributed by atoms with van der Waals surface area (Å²) in [7, 11) is 0. The molecule has 1 rings (SSSR count). The van der Waals surface area contributed by atoms with Gasteiger partial charge in [0.25, 0.3) is 0 Å². The maximum Gasteiger partial charge on any atom is 0.310 e. The quantitative estimate of drug-likeness (QED) is 0.521. The molecule has 5 heteroatoms. The highest BCUT2D eigenvalue weighted by atomic mass is 16.5. The van der Waals surface area contributed by atoms with Gasteiger partial charge in [-0.25, -0.2) is 0 Å². The fourth-order valence-corrected chi connectivity index (χ4v) is 2.28. The van der Waals surface area contributed by atoms with Gasteiger partial charge in [-0.1, -0.05) is 0 Å². The predicted molar refractivity (Wildman–Crippen MR) is 71.7 cm³/mol. The highest BCUT2D eigenvalue weighted by Gasteiger charge is 2.28. The Balaban J connectivity index is 2.32. The van der Waals surface area contributed by atoms with Gasteiger partial charge >= 0.3 is 5.97 Å². The maximum absolute atomic E-state index is 12.0. The summed E-state index contributed by atoms with van der Waals surface area (Å²) in [6, 6.07) is 0. The van der Waals surface area contributed by atoms with Gasteiger partial charge in [-0.15, -0.1) is 0 Å². The van der Waals surface area contributed by atoms with Crippen LogP contribution in [0.5, 0.6) is 0 Å². The molecule has 0 saturated carbocycles. The van der Waals surface area contributed by atoms with E-state index >= 15 is 0 Å². The Labute approximate surface area is 115 Å². The molecular formula is C14H25NO4. The van der Waals surface area contributed by atoms with Crippen LogP contribution in [0.1, 0.15) is 39.5 Å². The molecule has 5 nitrogen and oxygen atoms in total. The summed E-state index contributed by atoms with van der Waals surface area (Å²) >= 11 is 0. The zero-order valence-corrected chi connectivity index (χ0v) is 12.0. The molecule has 0 aromatic carbocycles. The molecule has 0 bridgehead atoms. The molecule has 1 saturated heterocycles. The van der Waals surface area contributed by atoms with Crippen LogP contribution in [0.25, 0.3) is 0 Å². The van der Waals surface area contributed by atoms with Crippen LogP contribution in [0.2, 0.25) is 0 Å². The van der Waals surface area contributed by atoms with E-state index in [1.54, 1.807) is 11.8 Å². The lowest BCUT2D eigenvalue weighted by molar-refractivity contribution is -0.151. The van der Waals surface area contributed by atoms with Crippen molar-refractivity contribution in [1.29, 1.82) is 0 Å². The molecular weight excluding hydrogens is 246 g/mol. The molecule has 1 heterocycles. The molecule has 0 radical (unpaired) electrons. The molecule has 1 aliphatic rings. The summed E-state index contributed by atoms with van der Waals surface area (Å²) in [4.78, 5) is 25.5. The SMILES string of the molecule is CCOCCCC(=O)N1CCC[C@H](C(=O)OCC)C1. The van der Waals surface area contributed by atoms with Gasteiger partial charge in [0.15, 0.2) is 0 Å². The van der Waals surface area contributed by atoms with E-state index in [1.165, 1.54) is 0 Å². The molecule has 0 aromatic rings. The minimum atomic E-state index is -0.172. The molecule has 19 heavy (non-hydrogen) atoms. The molecule has 0 N–H and O–H groups in total. The minimum absolute atomic E-state index is 0.119. The smallest absolute Gasteiger partial charge is 0.310 e. The Morgan fingerprint density at radius 2 is 2.05 bits per heavy atom. The van der Waals surface area contributed by atoms with Crippen LogP contribution in [0, 0.1) is 5.92 Å². The number of ether oxygens (including phenoxy) is 2. The monoisotopic (exact) mass is 271 g/mol. The van der Waals surface area contributed by atoms with Crippen molar-refractivity contribution in [1.82, 2.24) is 4.90 Å². The standard InChI is InChI=1S/C14H25NO4/c1-3-18-10-6-8-13(16)15-9-5-7-12(11-15)14(17)19-4-2/h12H,3-11H2,1-2H3/t12-/m0/s1. The van der Waals surface area contributed by atoms with Crippen molar-refractivity contribution < 1.29 is 19.1 Å². The Morgan fingerprint density at radius 3 is 2.74 bits per heavy atom. The summed E-state index contributed by atoms with van der Waals surface area (Å²) < 4.78 is 10.2. The molecule has 0 aliphatic carbocycles. The fourth-order valence-electron chi connectivity index (χ4n) is 2.28. The van der Waals surface area contributed by atoms with E-state index in [1.807, 2.05) is 6.92 Å². The normalized spacial score (nSPS) is 19.3. The van der Waals surface area contributed by atoms with Crippen molar-refractivity contribution in [2.45, 2.75) is 39.5 Å². The Morgan fingerprint density at radius 1 is 1.26 bits per heavy atom. The zero-order valence-electron chi connectivity index (χ0n) is 12.0. The molecule has 1 fully saturated rings. The number of hydrogen-bond acceptors (Lipinski definition) is 4. The van der Waals surface area contributed by atoms with Crippen molar-refractivity contribution >= 4 is 11.9 Å². The van der Waals surface area contributed by atoms with Gasteiger partial charge in [0, 0.05) is 32.7 Å². The second-order valence-corrected chi connectivity index (χ2v) is 4.73. The molecule has 1 atom stereocenters. The number of amides is 1. The molecule has 1 aliphatic heterocycles. The lowest BCUT2D eigenvalue weighted by Crippen LogP contribution is -2.42. The summed E-state index contributed by atoms with van der Waals surface area (Å²) in [6.07, 6.45) is 2.94. The number of nitrogens with zero attached hydrogens (tertiary/aromatic N) is 1. The van der Waals surface area contributed by atoms with Crippen LogP contribution < -0.4 is 0 Å². The lowest BCUT2D eigenvalue weighted by Gasteiger charge is -2.31. The molecule has 1 amide bonds. The van der Waals surface area contributed by atoms with E-state index in [0.29, 0.717) is 32.8 Å². The second-order valence-electron chi connectivity index (χ2n) is 4.73. The number of piperidine rings is 1. The van der Waals surface area contributed by atoms with Crippen LogP contribution in [0.3, 0.4) is 0 Å². The number of carbonyl (C=O) groups excluding carboxylic acids is 2. The van der Waals surface area contributed by atoms with Gasteiger partial charge < -0.3 is 14.4 Å². The topological polar surface area (TPSA) is 55.8 Å².